The van der Waals surface area contributed by atoms with E-state index in [0.717, 1.165) is 59.8 Å². The fraction of sp³-hybridized carbons (Fsp3) is 0.318. The predicted octanol–water partition coefficient (Wildman–Crippen LogP) is 4.07. The minimum Gasteiger partial charge on any atom is -0.480 e. The Labute approximate surface area is 169 Å². The second-order valence-corrected chi connectivity index (χ2v) is 7.91. The normalized spacial score (nSPS) is 17.1. The molecule has 2 heterocycles. The van der Waals surface area contributed by atoms with Gasteiger partial charge in [0.25, 0.3) is 0 Å². The van der Waals surface area contributed by atoms with Crippen LogP contribution in [0.1, 0.15) is 22.7 Å². The van der Waals surface area contributed by atoms with Crippen molar-refractivity contribution in [2.24, 2.45) is 0 Å². The monoisotopic (exact) mass is 397 g/mol. The molecule has 5 nitrogen and oxygen atoms in total. The molecule has 1 unspecified atom stereocenters. The Balaban J connectivity index is 1.49. The summed E-state index contributed by atoms with van der Waals surface area (Å²) < 4.78 is 0. The number of piperazine rings is 1. The summed E-state index contributed by atoms with van der Waals surface area (Å²) in [6.07, 6.45) is 1.85. The highest BCUT2D eigenvalue weighted by atomic mass is 35.5. The SMILES string of the molecule is Cc1ccc2[nH]cc(C(C(=O)O)N3CCN(Cc4cccc(Cl)c4)CC3)c2c1. The highest BCUT2D eigenvalue weighted by Gasteiger charge is 2.32. The summed E-state index contributed by atoms with van der Waals surface area (Å²) in [6, 6.07) is 13.4. The van der Waals surface area contributed by atoms with Gasteiger partial charge in [-0.25, -0.2) is 0 Å². The lowest BCUT2D eigenvalue weighted by Crippen LogP contribution is -2.48. The molecule has 1 aromatic heterocycles. The molecule has 1 aliphatic heterocycles. The first-order valence-corrected chi connectivity index (χ1v) is 9.90. The zero-order valence-corrected chi connectivity index (χ0v) is 16.6. The largest absolute Gasteiger partial charge is 0.480 e. The third kappa shape index (κ3) is 3.92. The Kier molecular flexibility index (Phi) is 5.40. The molecule has 0 bridgehead atoms. The van der Waals surface area contributed by atoms with E-state index in [9.17, 15) is 9.90 Å². The highest BCUT2D eigenvalue weighted by Crippen LogP contribution is 2.30. The predicted molar refractivity (Wildman–Crippen MR) is 112 cm³/mol. The van der Waals surface area contributed by atoms with Gasteiger partial charge in [-0.2, -0.15) is 0 Å². The van der Waals surface area contributed by atoms with Crippen molar-refractivity contribution in [2.45, 2.75) is 19.5 Å². The molecule has 146 valence electrons. The number of hydrogen-bond acceptors (Lipinski definition) is 3. The number of nitrogens with zero attached hydrogens (tertiary/aromatic N) is 2. The van der Waals surface area contributed by atoms with Gasteiger partial charge >= 0.3 is 5.97 Å². The van der Waals surface area contributed by atoms with Gasteiger partial charge in [0.2, 0.25) is 0 Å². The molecule has 28 heavy (non-hydrogen) atoms. The van der Waals surface area contributed by atoms with Crippen LogP contribution in [0.15, 0.2) is 48.7 Å². The van der Waals surface area contributed by atoms with Crippen LogP contribution in [0.4, 0.5) is 0 Å². The molecule has 1 atom stereocenters. The number of benzene rings is 2. The fourth-order valence-electron chi connectivity index (χ4n) is 4.04. The number of fused-ring (bicyclic) bond motifs is 1. The Morgan fingerprint density at radius 2 is 1.96 bits per heavy atom. The Hall–Kier alpha value is -2.34. The second kappa shape index (κ2) is 7.95. The number of hydrogen-bond donors (Lipinski definition) is 2. The third-order valence-corrected chi connectivity index (χ3v) is 5.70. The lowest BCUT2D eigenvalue weighted by molar-refractivity contribution is -0.144. The quantitative estimate of drug-likeness (QED) is 0.681. The maximum Gasteiger partial charge on any atom is 0.325 e. The van der Waals surface area contributed by atoms with E-state index in [0.29, 0.717) is 0 Å². The number of rotatable bonds is 5. The average Bonchev–Trinajstić information content (AvgIpc) is 3.06. The number of aromatic nitrogens is 1. The van der Waals surface area contributed by atoms with Crippen LogP contribution >= 0.6 is 11.6 Å². The molecule has 0 saturated carbocycles. The van der Waals surface area contributed by atoms with E-state index in [2.05, 4.69) is 26.9 Å². The number of carboxylic acids is 1. The number of carboxylic acid groups (broad SMARTS) is 1. The molecule has 0 aliphatic carbocycles. The number of carbonyl (C=O) groups is 1. The first-order valence-electron chi connectivity index (χ1n) is 9.52. The van der Waals surface area contributed by atoms with Gasteiger partial charge in [0.15, 0.2) is 0 Å². The number of aromatic amines is 1. The van der Waals surface area contributed by atoms with Crippen molar-refractivity contribution in [1.82, 2.24) is 14.8 Å². The standard InChI is InChI=1S/C22H24ClN3O2/c1-15-5-6-20-18(11-15)19(13-24-20)21(22(27)28)26-9-7-25(8-10-26)14-16-3-2-4-17(23)12-16/h2-6,11-13,21,24H,7-10,14H2,1H3,(H,27,28). The van der Waals surface area contributed by atoms with Crippen LogP contribution in [0.5, 0.6) is 0 Å². The van der Waals surface area contributed by atoms with Crippen molar-refractivity contribution in [3.05, 3.63) is 70.4 Å². The summed E-state index contributed by atoms with van der Waals surface area (Å²) in [4.78, 5) is 19.8. The van der Waals surface area contributed by atoms with Crippen molar-refractivity contribution in [2.75, 3.05) is 26.2 Å². The number of halogens is 1. The average molecular weight is 398 g/mol. The lowest BCUT2D eigenvalue weighted by Gasteiger charge is -2.37. The van der Waals surface area contributed by atoms with E-state index >= 15 is 0 Å². The first-order chi connectivity index (χ1) is 13.5. The van der Waals surface area contributed by atoms with Gasteiger partial charge in [0.05, 0.1) is 0 Å². The third-order valence-electron chi connectivity index (χ3n) is 5.46. The molecule has 4 rings (SSSR count). The fourth-order valence-corrected chi connectivity index (χ4v) is 4.25. The van der Waals surface area contributed by atoms with E-state index in [4.69, 9.17) is 11.6 Å². The van der Waals surface area contributed by atoms with Crippen LogP contribution in [0.3, 0.4) is 0 Å². The number of aliphatic carboxylic acids is 1. The molecule has 0 spiro atoms. The van der Waals surface area contributed by atoms with Crippen molar-refractivity contribution in [1.29, 1.82) is 0 Å². The summed E-state index contributed by atoms with van der Waals surface area (Å²) in [5, 5.41) is 11.7. The van der Waals surface area contributed by atoms with Crippen LogP contribution in [0, 0.1) is 6.92 Å². The lowest BCUT2D eigenvalue weighted by atomic mass is 10.0. The maximum atomic E-state index is 12.2. The van der Waals surface area contributed by atoms with Crippen molar-refractivity contribution >= 4 is 28.5 Å². The molecule has 3 aromatic rings. The Morgan fingerprint density at radius 3 is 2.68 bits per heavy atom. The van der Waals surface area contributed by atoms with Crippen LogP contribution in [-0.2, 0) is 11.3 Å². The van der Waals surface area contributed by atoms with E-state index in [1.165, 1.54) is 5.56 Å². The maximum absolute atomic E-state index is 12.2. The molecule has 2 N–H and O–H groups in total. The van der Waals surface area contributed by atoms with Crippen molar-refractivity contribution < 1.29 is 9.90 Å². The van der Waals surface area contributed by atoms with Crippen LogP contribution in [-0.4, -0.2) is 52.0 Å². The topological polar surface area (TPSA) is 59.6 Å². The van der Waals surface area contributed by atoms with Crippen LogP contribution in [0.25, 0.3) is 10.9 Å². The van der Waals surface area contributed by atoms with E-state index in [1.807, 2.05) is 43.5 Å². The van der Waals surface area contributed by atoms with Gasteiger partial charge in [-0.15, -0.1) is 0 Å². The smallest absolute Gasteiger partial charge is 0.325 e. The van der Waals surface area contributed by atoms with Gasteiger partial charge < -0.3 is 10.1 Å². The number of H-pyrrole nitrogens is 1. The molecule has 0 amide bonds. The molecule has 1 fully saturated rings. The summed E-state index contributed by atoms with van der Waals surface area (Å²) in [7, 11) is 0. The zero-order valence-electron chi connectivity index (χ0n) is 15.9. The van der Waals surface area contributed by atoms with Crippen LogP contribution in [0.2, 0.25) is 5.02 Å². The number of nitrogens with one attached hydrogen (secondary N) is 1. The van der Waals surface area contributed by atoms with Crippen molar-refractivity contribution in [3.8, 4) is 0 Å². The molecule has 0 radical (unpaired) electrons. The summed E-state index contributed by atoms with van der Waals surface area (Å²) >= 11 is 6.08. The van der Waals surface area contributed by atoms with Crippen LogP contribution < -0.4 is 0 Å². The Morgan fingerprint density at radius 1 is 1.18 bits per heavy atom. The highest BCUT2D eigenvalue weighted by molar-refractivity contribution is 6.30. The zero-order chi connectivity index (χ0) is 19.7. The van der Waals surface area contributed by atoms with E-state index in [1.54, 1.807) is 0 Å². The van der Waals surface area contributed by atoms with Gasteiger partial charge in [0.1, 0.15) is 6.04 Å². The van der Waals surface area contributed by atoms with Gasteiger partial charge in [-0.1, -0.05) is 35.4 Å². The first kappa shape index (κ1) is 19.0. The van der Waals surface area contributed by atoms with Gasteiger partial charge in [0, 0.05) is 60.4 Å². The minimum atomic E-state index is -0.800. The van der Waals surface area contributed by atoms with Gasteiger partial charge in [-0.3, -0.25) is 14.6 Å². The van der Waals surface area contributed by atoms with E-state index < -0.39 is 12.0 Å². The molecule has 6 heteroatoms. The number of aryl methyl sites for hydroxylation is 1. The molecule has 2 aromatic carbocycles. The van der Waals surface area contributed by atoms with Crippen molar-refractivity contribution in [3.63, 3.8) is 0 Å². The second-order valence-electron chi connectivity index (χ2n) is 7.48. The van der Waals surface area contributed by atoms with Gasteiger partial charge in [-0.05, 0) is 36.8 Å². The molecule has 1 saturated heterocycles. The summed E-state index contributed by atoms with van der Waals surface area (Å²) in [5.41, 5.74) is 4.13. The van der Waals surface area contributed by atoms with E-state index in [-0.39, 0.29) is 0 Å². The minimum absolute atomic E-state index is 0.635. The molecular formula is C22H24ClN3O2. The summed E-state index contributed by atoms with van der Waals surface area (Å²) in [6.45, 7) is 5.96. The Bertz CT molecular complexity index is 992. The summed E-state index contributed by atoms with van der Waals surface area (Å²) in [5.74, 6) is -0.800. The molecule has 1 aliphatic rings. The molecular weight excluding hydrogens is 374 g/mol.